The maximum atomic E-state index is 10.6. The Labute approximate surface area is 132 Å². The van der Waals surface area contributed by atoms with Gasteiger partial charge in [-0.05, 0) is 0 Å². The number of rotatable bonds is 3. The SMILES string of the molecule is [2H]C1(C2(O)O[C@H](CO)[C@@H](O)[C@H](O)[C@H]2O)O[C@H](CO)[C@@H](O)[C@H](O)[C@H]1O. The van der Waals surface area contributed by atoms with Gasteiger partial charge in [-0.15, -0.1) is 0 Å². The Kier molecular flexibility index (Phi) is 5.15. The fourth-order valence-corrected chi connectivity index (χ4v) is 2.66. The second kappa shape index (κ2) is 6.82. The van der Waals surface area contributed by atoms with E-state index in [9.17, 15) is 35.7 Å². The summed E-state index contributed by atoms with van der Waals surface area (Å²) in [5.74, 6) is -3.22. The van der Waals surface area contributed by atoms with E-state index in [0.29, 0.717) is 0 Å². The summed E-state index contributed by atoms with van der Waals surface area (Å²) in [5.41, 5.74) is 0. The van der Waals surface area contributed by atoms with Gasteiger partial charge in [-0.3, -0.25) is 0 Å². The summed E-state index contributed by atoms with van der Waals surface area (Å²) in [7, 11) is 0. The average molecular weight is 343 g/mol. The molecular weight excluding hydrogens is 320 g/mol. The van der Waals surface area contributed by atoms with Crippen molar-refractivity contribution in [2.45, 2.75) is 60.7 Å². The molecule has 2 rings (SSSR count). The van der Waals surface area contributed by atoms with Crippen molar-refractivity contribution in [3.8, 4) is 0 Å². The molecule has 2 aliphatic heterocycles. The van der Waals surface area contributed by atoms with Crippen molar-refractivity contribution < 1.29 is 56.8 Å². The van der Waals surface area contributed by atoms with E-state index >= 15 is 0 Å². The fraction of sp³-hybridized carbons (Fsp3) is 1.00. The Morgan fingerprint density at radius 1 is 0.783 bits per heavy atom. The van der Waals surface area contributed by atoms with E-state index in [2.05, 4.69) is 0 Å². The van der Waals surface area contributed by atoms with Gasteiger partial charge in [-0.2, -0.15) is 0 Å². The normalized spacial score (nSPS) is 58.7. The predicted octanol–water partition coefficient (Wildman–Crippen LogP) is -6.01. The van der Waals surface area contributed by atoms with E-state index in [4.69, 9.17) is 21.1 Å². The molecule has 2 fully saturated rings. The zero-order valence-corrected chi connectivity index (χ0v) is 11.9. The lowest BCUT2D eigenvalue weighted by Crippen LogP contribution is -2.75. The molecule has 0 aliphatic carbocycles. The van der Waals surface area contributed by atoms with Crippen LogP contribution in [0.15, 0.2) is 0 Å². The first-order valence-electron chi connectivity index (χ1n) is 7.43. The lowest BCUT2D eigenvalue weighted by molar-refractivity contribution is -0.406. The molecule has 9 N–H and O–H groups in total. The first-order chi connectivity index (χ1) is 11.0. The first kappa shape index (κ1) is 17.4. The Hall–Kier alpha value is -0.440. The summed E-state index contributed by atoms with van der Waals surface area (Å²) in [4.78, 5) is 0. The smallest absolute Gasteiger partial charge is 0.225 e. The third kappa shape index (κ3) is 2.99. The fourth-order valence-electron chi connectivity index (χ4n) is 2.66. The van der Waals surface area contributed by atoms with Crippen molar-refractivity contribution in [2.75, 3.05) is 13.2 Å². The highest BCUT2D eigenvalue weighted by Gasteiger charge is 2.62. The van der Waals surface area contributed by atoms with Crippen LogP contribution in [0.4, 0.5) is 0 Å². The molecule has 11 heteroatoms. The molecule has 0 aromatic carbocycles. The van der Waals surface area contributed by atoms with E-state index in [-0.39, 0.29) is 0 Å². The van der Waals surface area contributed by atoms with Gasteiger partial charge in [0.1, 0.15) is 54.9 Å². The van der Waals surface area contributed by atoms with Gasteiger partial charge >= 0.3 is 0 Å². The first-order valence-corrected chi connectivity index (χ1v) is 6.93. The van der Waals surface area contributed by atoms with Crippen molar-refractivity contribution in [1.29, 1.82) is 0 Å². The average Bonchev–Trinajstić information content (AvgIpc) is 2.57. The molecular formula is C12H22O11. The van der Waals surface area contributed by atoms with Gasteiger partial charge in [-0.1, -0.05) is 0 Å². The predicted molar refractivity (Wildman–Crippen MR) is 68.7 cm³/mol. The van der Waals surface area contributed by atoms with Crippen LogP contribution in [0.25, 0.3) is 0 Å². The number of aliphatic hydroxyl groups is 9. The van der Waals surface area contributed by atoms with Crippen LogP contribution in [-0.4, -0.2) is 120 Å². The summed E-state index contributed by atoms with van der Waals surface area (Å²) in [5, 5.41) is 88.1. The van der Waals surface area contributed by atoms with Crippen LogP contribution in [0.2, 0.25) is 0 Å². The molecule has 0 bridgehead atoms. The van der Waals surface area contributed by atoms with Crippen molar-refractivity contribution in [1.82, 2.24) is 0 Å². The lowest BCUT2D eigenvalue weighted by Gasteiger charge is -2.52. The van der Waals surface area contributed by atoms with Crippen molar-refractivity contribution in [3.05, 3.63) is 0 Å². The van der Waals surface area contributed by atoms with Gasteiger partial charge in [0.2, 0.25) is 5.79 Å². The summed E-state index contributed by atoms with van der Waals surface area (Å²) in [6.45, 7) is -1.83. The molecule has 0 spiro atoms. The topological polar surface area (TPSA) is 201 Å². The highest BCUT2D eigenvalue weighted by molar-refractivity contribution is 5.05. The van der Waals surface area contributed by atoms with Crippen LogP contribution in [-0.2, 0) is 9.47 Å². The van der Waals surface area contributed by atoms with Gasteiger partial charge in [0.05, 0.1) is 14.6 Å². The monoisotopic (exact) mass is 343 g/mol. The van der Waals surface area contributed by atoms with E-state index in [1.54, 1.807) is 0 Å². The molecule has 23 heavy (non-hydrogen) atoms. The van der Waals surface area contributed by atoms with Crippen molar-refractivity contribution in [3.63, 3.8) is 0 Å². The Morgan fingerprint density at radius 2 is 1.30 bits per heavy atom. The Bertz CT molecular complexity index is 411. The number of ether oxygens (including phenoxy) is 2. The molecule has 0 aromatic rings. The Morgan fingerprint density at radius 3 is 1.83 bits per heavy atom. The minimum absolute atomic E-state index is 0.910. The maximum absolute atomic E-state index is 10.6. The molecule has 0 aromatic heterocycles. The van der Waals surface area contributed by atoms with Crippen LogP contribution >= 0.6 is 0 Å². The highest BCUT2D eigenvalue weighted by atomic mass is 16.7. The highest BCUT2D eigenvalue weighted by Crippen LogP contribution is 2.37. The number of aliphatic hydroxyl groups excluding tert-OH is 8. The molecule has 11 nitrogen and oxygen atoms in total. The summed E-state index contributed by atoms with van der Waals surface area (Å²) >= 11 is 0. The standard InChI is InChI=1S/C12H22O11/c13-1-3-5(15)7(17)9(19)11(22-3)12(21)10(20)8(18)6(16)4(2-14)23-12/h3-11,13-21H,1-2H2/t3-,4-,5-,6-,7+,8+,9-,10-,11?,12?/m1/s1/i11D. The summed E-state index contributed by atoms with van der Waals surface area (Å²) in [6.07, 6.45) is -18.9. The molecule has 136 valence electrons. The van der Waals surface area contributed by atoms with Gasteiger partial charge < -0.3 is 55.4 Å². The van der Waals surface area contributed by atoms with Gasteiger partial charge in [0.15, 0.2) is 0 Å². The molecule has 2 aliphatic rings. The molecule has 2 saturated heterocycles. The third-order valence-electron chi connectivity index (χ3n) is 4.10. The lowest BCUT2D eigenvalue weighted by atomic mass is 9.83. The van der Waals surface area contributed by atoms with Gasteiger partial charge in [0.25, 0.3) is 0 Å². The van der Waals surface area contributed by atoms with Gasteiger partial charge in [-0.25, -0.2) is 0 Å². The zero-order chi connectivity index (χ0) is 18.4. The van der Waals surface area contributed by atoms with Crippen LogP contribution in [0.3, 0.4) is 0 Å². The molecule has 0 saturated carbocycles. The van der Waals surface area contributed by atoms with E-state index in [1.165, 1.54) is 0 Å². The third-order valence-corrected chi connectivity index (χ3v) is 4.10. The summed E-state index contributed by atoms with van der Waals surface area (Å²) < 4.78 is 18.0. The second-order valence-electron chi connectivity index (χ2n) is 5.59. The minimum atomic E-state index is -3.22. The zero-order valence-electron chi connectivity index (χ0n) is 12.9. The maximum Gasteiger partial charge on any atom is 0.225 e. The number of hydrogen-bond donors (Lipinski definition) is 9. The van der Waals surface area contributed by atoms with E-state index in [0.717, 1.165) is 0 Å². The molecule has 2 unspecified atom stereocenters. The Balaban J connectivity index is 2.45. The number of hydrogen-bond acceptors (Lipinski definition) is 11. The molecule has 0 radical (unpaired) electrons. The minimum Gasteiger partial charge on any atom is -0.394 e. The van der Waals surface area contributed by atoms with Crippen LogP contribution < -0.4 is 0 Å². The van der Waals surface area contributed by atoms with Crippen molar-refractivity contribution in [2.24, 2.45) is 0 Å². The van der Waals surface area contributed by atoms with Crippen LogP contribution in [0.5, 0.6) is 0 Å². The van der Waals surface area contributed by atoms with Crippen LogP contribution in [0.1, 0.15) is 1.37 Å². The quantitative estimate of drug-likeness (QED) is 0.236. The van der Waals surface area contributed by atoms with E-state index < -0.39 is 73.9 Å². The summed E-state index contributed by atoms with van der Waals surface area (Å²) in [6, 6.07) is 0. The molecule has 10 atom stereocenters. The largest absolute Gasteiger partial charge is 0.394 e. The molecule has 0 amide bonds. The second-order valence-corrected chi connectivity index (χ2v) is 5.59. The van der Waals surface area contributed by atoms with Crippen LogP contribution in [0, 0.1) is 0 Å². The molecule has 2 heterocycles. The van der Waals surface area contributed by atoms with Crippen molar-refractivity contribution >= 4 is 0 Å². The van der Waals surface area contributed by atoms with Gasteiger partial charge in [0, 0.05) is 0 Å². The van der Waals surface area contributed by atoms with E-state index in [1.807, 2.05) is 0 Å².